The van der Waals surface area contributed by atoms with Gasteiger partial charge in [-0.15, -0.1) is 0 Å². The van der Waals surface area contributed by atoms with Crippen LogP contribution in [0.4, 0.5) is 0 Å². The molecule has 1 rings (SSSR count). The summed E-state index contributed by atoms with van der Waals surface area (Å²) in [5, 5.41) is 0. The number of ketones is 1. The average molecular weight is 206 g/mol. The average Bonchev–Trinajstić information content (AvgIpc) is 2.29. The lowest BCUT2D eigenvalue weighted by Crippen LogP contribution is -2.08. The monoisotopic (exact) mass is 206 g/mol. The zero-order valence-electron chi connectivity index (χ0n) is 9.60. The van der Waals surface area contributed by atoms with Crippen molar-refractivity contribution in [2.45, 2.75) is 33.6 Å². The Morgan fingerprint density at radius 2 is 2.00 bits per heavy atom. The third kappa shape index (κ3) is 5.76. The van der Waals surface area contributed by atoms with Crippen LogP contribution in [-0.4, -0.2) is 16.3 Å². The standard InChI is InChI=1S/C7H8N2.C5H10O/c1-6-4-2-3-5-7(6)9-8;1-3-5(6)4-2/h2-6H,1H3;3-4H2,1-2H3. The molecular formula is C12H18N2O. The van der Waals surface area contributed by atoms with Crippen molar-refractivity contribution < 1.29 is 9.58 Å². The molecule has 1 unspecified atom stereocenters. The molecule has 3 nitrogen and oxygen atoms in total. The van der Waals surface area contributed by atoms with Gasteiger partial charge in [-0.3, -0.25) is 4.79 Å². The summed E-state index contributed by atoms with van der Waals surface area (Å²) >= 11 is 0. The summed E-state index contributed by atoms with van der Waals surface area (Å²) in [5.74, 6) is 0.593. The molecule has 0 amide bonds. The lowest BCUT2D eigenvalue weighted by Gasteiger charge is -1.97. The number of nitrogens with zero attached hydrogens (tertiary/aromatic N) is 2. The molecule has 82 valence electrons. The molecule has 0 spiro atoms. The highest BCUT2D eigenvalue weighted by Crippen LogP contribution is 2.04. The summed E-state index contributed by atoms with van der Waals surface area (Å²) < 4.78 is 0. The van der Waals surface area contributed by atoms with Crippen LogP contribution < -0.4 is 0 Å². The summed E-state index contributed by atoms with van der Waals surface area (Å²) in [6.45, 7) is 5.74. The second-order valence-electron chi connectivity index (χ2n) is 3.30. The van der Waals surface area contributed by atoms with Crippen LogP contribution in [0.2, 0.25) is 0 Å². The van der Waals surface area contributed by atoms with Gasteiger partial charge in [0.25, 0.3) is 5.71 Å². The third-order valence-corrected chi connectivity index (χ3v) is 2.15. The Hall–Kier alpha value is -1.47. The Kier molecular flexibility index (Phi) is 7.12. The second kappa shape index (κ2) is 7.89. The Morgan fingerprint density at radius 1 is 1.40 bits per heavy atom. The number of carbonyl (C=O) groups is 1. The van der Waals surface area contributed by atoms with E-state index in [1.807, 2.05) is 39.0 Å². The molecule has 0 aliphatic heterocycles. The molecule has 1 aliphatic rings. The van der Waals surface area contributed by atoms with Gasteiger partial charge in [0.15, 0.2) is 0 Å². The molecule has 1 atom stereocenters. The molecule has 0 aromatic heterocycles. The van der Waals surface area contributed by atoms with Crippen LogP contribution >= 0.6 is 0 Å². The van der Waals surface area contributed by atoms with Crippen molar-refractivity contribution in [2.75, 3.05) is 0 Å². The van der Waals surface area contributed by atoms with Gasteiger partial charge < -0.3 is 5.53 Å². The lowest BCUT2D eigenvalue weighted by atomic mass is 10.0. The normalized spacial score (nSPS) is 17.8. The first kappa shape index (κ1) is 13.5. The van der Waals surface area contributed by atoms with Crippen LogP contribution in [-0.2, 0) is 4.79 Å². The van der Waals surface area contributed by atoms with Crippen molar-refractivity contribution in [2.24, 2.45) is 5.92 Å². The highest BCUT2D eigenvalue weighted by molar-refractivity contribution is 5.94. The summed E-state index contributed by atoms with van der Waals surface area (Å²) in [4.78, 5) is 13.3. The first-order valence-electron chi connectivity index (χ1n) is 5.24. The van der Waals surface area contributed by atoms with Crippen molar-refractivity contribution in [3.05, 3.63) is 29.8 Å². The van der Waals surface area contributed by atoms with E-state index in [4.69, 9.17) is 5.53 Å². The van der Waals surface area contributed by atoms with E-state index in [1.165, 1.54) is 0 Å². The van der Waals surface area contributed by atoms with Gasteiger partial charge in [0.1, 0.15) is 5.78 Å². The molecule has 0 N–H and O–H groups in total. The zero-order chi connectivity index (χ0) is 11.7. The van der Waals surface area contributed by atoms with Gasteiger partial charge in [-0.2, -0.15) is 4.79 Å². The van der Waals surface area contributed by atoms with Gasteiger partial charge in [0.2, 0.25) is 0 Å². The van der Waals surface area contributed by atoms with E-state index in [-0.39, 0.29) is 5.92 Å². The van der Waals surface area contributed by atoms with Crippen LogP contribution in [0.5, 0.6) is 0 Å². The first-order valence-corrected chi connectivity index (χ1v) is 5.24. The van der Waals surface area contributed by atoms with Gasteiger partial charge in [-0.25, -0.2) is 0 Å². The van der Waals surface area contributed by atoms with Crippen LogP contribution in [0.25, 0.3) is 5.53 Å². The van der Waals surface area contributed by atoms with Crippen molar-refractivity contribution in [1.29, 1.82) is 0 Å². The highest BCUT2D eigenvalue weighted by atomic mass is 16.1. The van der Waals surface area contributed by atoms with Crippen molar-refractivity contribution in [3.8, 4) is 0 Å². The molecule has 0 radical (unpaired) electrons. The summed E-state index contributed by atoms with van der Waals surface area (Å²) in [6.07, 6.45) is 8.96. The number of Topliss-reactive ketones (excluding diaryl/α,β-unsaturated/α-hetero) is 1. The van der Waals surface area contributed by atoms with Crippen LogP contribution in [0.3, 0.4) is 0 Å². The van der Waals surface area contributed by atoms with Crippen LogP contribution in [0.1, 0.15) is 33.6 Å². The molecule has 15 heavy (non-hydrogen) atoms. The quantitative estimate of drug-likeness (QED) is 0.506. The van der Waals surface area contributed by atoms with Gasteiger partial charge in [0.05, 0.1) is 5.92 Å². The zero-order valence-corrected chi connectivity index (χ0v) is 9.60. The molecule has 0 bridgehead atoms. The Morgan fingerprint density at radius 3 is 2.27 bits per heavy atom. The fourth-order valence-corrected chi connectivity index (χ4v) is 1.01. The Bertz CT molecular complexity index is 304. The predicted octanol–water partition coefficient (Wildman–Crippen LogP) is 2.79. The van der Waals surface area contributed by atoms with Crippen LogP contribution in [0, 0.1) is 5.92 Å². The summed E-state index contributed by atoms with van der Waals surface area (Å²) in [7, 11) is 0. The summed E-state index contributed by atoms with van der Waals surface area (Å²) in [6, 6.07) is 0. The van der Waals surface area contributed by atoms with E-state index < -0.39 is 0 Å². The maximum Gasteiger partial charge on any atom is 0.298 e. The first-order chi connectivity index (χ1) is 7.15. The van der Waals surface area contributed by atoms with Crippen LogP contribution in [0.15, 0.2) is 24.3 Å². The fraction of sp³-hybridized carbons (Fsp3) is 0.500. The molecule has 0 saturated carbocycles. The van der Waals surface area contributed by atoms with Crippen molar-refractivity contribution in [1.82, 2.24) is 0 Å². The van der Waals surface area contributed by atoms with E-state index >= 15 is 0 Å². The predicted molar refractivity (Wildman–Crippen MR) is 61.7 cm³/mol. The van der Waals surface area contributed by atoms with E-state index in [0.29, 0.717) is 18.6 Å². The smallest absolute Gasteiger partial charge is 0.298 e. The van der Waals surface area contributed by atoms with E-state index in [9.17, 15) is 4.79 Å². The number of hydrogen-bond donors (Lipinski definition) is 0. The van der Waals surface area contributed by atoms with E-state index in [0.717, 1.165) is 5.71 Å². The second-order valence-corrected chi connectivity index (χ2v) is 3.30. The summed E-state index contributed by atoms with van der Waals surface area (Å²) in [5.41, 5.74) is 9.08. The fourth-order valence-electron chi connectivity index (χ4n) is 1.01. The van der Waals surface area contributed by atoms with E-state index in [2.05, 4.69) is 4.79 Å². The molecule has 0 aromatic carbocycles. The lowest BCUT2D eigenvalue weighted by molar-refractivity contribution is -0.118. The van der Waals surface area contributed by atoms with Crippen molar-refractivity contribution in [3.63, 3.8) is 0 Å². The SMILES string of the molecule is CC1C=CC=CC1=[N+]=[N-].CCC(=O)CC. The van der Waals surface area contributed by atoms with Gasteiger partial charge >= 0.3 is 0 Å². The minimum absolute atomic E-state index is 0.250. The molecule has 0 saturated heterocycles. The maximum atomic E-state index is 10.2. The molecule has 0 fully saturated rings. The Balaban J connectivity index is 0.000000288. The number of hydrogen-bond acceptors (Lipinski definition) is 1. The van der Waals surface area contributed by atoms with Gasteiger partial charge in [-0.1, -0.05) is 32.1 Å². The number of allylic oxidation sites excluding steroid dienone is 4. The van der Waals surface area contributed by atoms with Crippen molar-refractivity contribution >= 4 is 11.5 Å². The largest absolute Gasteiger partial charge is 0.361 e. The molecular weight excluding hydrogens is 188 g/mol. The topological polar surface area (TPSA) is 53.5 Å². The van der Waals surface area contributed by atoms with E-state index in [1.54, 1.807) is 6.08 Å². The Labute approximate surface area is 91.1 Å². The maximum absolute atomic E-state index is 10.2. The highest BCUT2D eigenvalue weighted by Gasteiger charge is 2.12. The van der Waals surface area contributed by atoms with Gasteiger partial charge in [-0.05, 0) is 6.92 Å². The minimum Gasteiger partial charge on any atom is -0.361 e. The molecule has 0 heterocycles. The van der Waals surface area contributed by atoms with Gasteiger partial charge in [0, 0.05) is 18.9 Å². The molecule has 3 heteroatoms. The number of carbonyl (C=O) groups excluding carboxylic acids is 1. The molecule has 0 aromatic rings. The number of rotatable bonds is 2. The molecule has 1 aliphatic carbocycles. The third-order valence-electron chi connectivity index (χ3n) is 2.15. The minimum atomic E-state index is 0.250.